The van der Waals surface area contributed by atoms with Gasteiger partial charge in [0.1, 0.15) is 5.82 Å². The van der Waals surface area contributed by atoms with Gasteiger partial charge in [-0.1, -0.05) is 12.1 Å². The van der Waals surface area contributed by atoms with E-state index in [4.69, 9.17) is 4.74 Å². The quantitative estimate of drug-likeness (QED) is 0.777. The number of hydrogen-bond donors (Lipinski definition) is 1. The molecule has 1 aromatic carbocycles. The lowest BCUT2D eigenvalue weighted by Crippen LogP contribution is -2.16. The van der Waals surface area contributed by atoms with Crippen molar-refractivity contribution < 1.29 is 13.9 Å². The first kappa shape index (κ1) is 17.5. The van der Waals surface area contributed by atoms with E-state index in [0.29, 0.717) is 22.7 Å². The molecule has 1 amide bonds. The Hall–Kier alpha value is -3.35. The molecule has 0 spiro atoms. The summed E-state index contributed by atoms with van der Waals surface area (Å²) in [6.07, 6.45) is 4.61. The number of benzene rings is 1. The van der Waals surface area contributed by atoms with Crippen molar-refractivity contribution in [2.75, 3.05) is 12.4 Å². The van der Waals surface area contributed by atoms with Crippen LogP contribution in [0.5, 0.6) is 5.88 Å². The van der Waals surface area contributed by atoms with Gasteiger partial charge in [0, 0.05) is 6.20 Å². The predicted molar refractivity (Wildman–Crippen MR) is 95.6 cm³/mol. The van der Waals surface area contributed by atoms with E-state index in [1.807, 2.05) is 13.0 Å². The molecule has 0 unspecified atom stereocenters. The van der Waals surface area contributed by atoms with Gasteiger partial charge in [-0.2, -0.15) is 0 Å². The van der Waals surface area contributed by atoms with Gasteiger partial charge in [-0.25, -0.2) is 14.4 Å². The van der Waals surface area contributed by atoms with E-state index in [2.05, 4.69) is 20.3 Å². The molecule has 0 aliphatic rings. The molecule has 0 saturated heterocycles. The molecule has 2 heterocycles. The molecule has 0 atom stereocenters. The van der Waals surface area contributed by atoms with Crippen molar-refractivity contribution in [1.82, 2.24) is 15.0 Å². The average Bonchev–Trinajstić information content (AvgIpc) is 2.62. The Kier molecular flexibility index (Phi) is 4.88. The SMILES string of the molecule is COc1ncc(C)cc1-c1cnc(NC(=O)c2c(C)cccc2F)cn1. The first-order valence-electron chi connectivity index (χ1n) is 7.89. The van der Waals surface area contributed by atoms with Gasteiger partial charge in [-0.3, -0.25) is 9.78 Å². The van der Waals surface area contributed by atoms with Crippen molar-refractivity contribution in [2.45, 2.75) is 13.8 Å². The smallest absolute Gasteiger partial charge is 0.260 e. The maximum absolute atomic E-state index is 13.9. The number of hydrogen-bond acceptors (Lipinski definition) is 5. The molecule has 6 nitrogen and oxygen atoms in total. The average molecular weight is 352 g/mol. The van der Waals surface area contributed by atoms with Crippen LogP contribution in [0.25, 0.3) is 11.3 Å². The standard InChI is InChI=1S/C19H17FN4O2/c1-11-7-13(19(26-3)23-8-11)15-9-22-16(10-21-15)24-18(25)17-12(2)5-4-6-14(17)20/h4-10H,1-3H3,(H,22,24,25). The maximum atomic E-state index is 13.9. The lowest BCUT2D eigenvalue weighted by molar-refractivity contribution is 0.102. The Balaban J connectivity index is 1.85. The molecule has 0 bridgehead atoms. The molecule has 3 aromatic rings. The molecule has 0 radical (unpaired) electrons. The lowest BCUT2D eigenvalue weighted by atomic mass is 10.1. The molecule has 0 saturated carbocycles. The Bertz CT molecular complexity index is 938. The fourth-order valence-corrected chi connectivity index (χ4v) is 2.53. The van der Waals surface area contributed by atoms with Crippen molar-refractivity contribution in [3.63, 3.8) is 0 Å². The van der Waals surface area contributed by atoms with Crippen LogP contribution in [0.3, 0.4) is 0 Å². The molecule has 3 rings (SSSR count). The van der Waals surface area contributed by atoms with E-state index in [1.54, 1.807) is 25.3 Å². The summed E-state index contributed by atoms with van der Waals surface area (Å²) >= 11 is 0. The van der Waals surface area contributed by atoms with Crippen molar-refractivity contribution in [2.24, 2.45) is 0 Å². The van der Waals surface area contributed by atoms with Crippen LogP contribution in [0, 0.1) is 19.7 Å². The highest BCUT2D eigenvalue weighted by Gasteiger charge is 2.16. The monoisotopic (exact) mass is 352 g/mol. The van der Waals surface area contributed by atoms with E-state index in [-0.39, 0.29) is 11.4 Å². The zero-order valence-corrected chi connectivity index (χ0v) is 14.6. The largest absolute Gasteiger partial charge is 0.481 e. The van der Waals surface area contributed by atoms with Crippen LogP contribution >= 0.6 is 0 Å². The number of methoxy groups -OCH3 is 1. The second kappa shape index (κ2) is 7.26. The number of halogens is 1. The number of anilines is 1. The second-order valence-electron chi connectivity index (χ2n) is 5.74. The van der Waals surface area contributed by atoms with E-state index in [9.17, 15) is 9.18 Å². The van der Waals surface area contributed by atoms with Gasteiger partial charge in [0.2, 0.25) is 5.88 Å². The number of nitrogens with zero attached hydrogens (tertiary/aromatic N) is 3. The highest BCUT2D eigenvalue weighted by molar-refractivity contribution is 6.04. The minimum Gasteiger partial charge on any atom is -0.481 e. The van der Waals surface area contributed by atoms with Gasteiger partial charge in [0.25, 0.3) is 5.91 Å². The van der Waals surface area contributed by atoms with Crippen molar-refractivity contribution in [3.8, 4) is 17.1 Å². The third kappa shape index (κ3) is 3.51. The molecular formula is C19H17FN4O2. The molecule has 0 aliphatic carbocycles. The molecule has 26 heavy (non-hydrogen) atoms. The van der Waals surface area contributed by atoms with Gasteiger partial charge < -0.3 is 10.1 Å². The number of nitrogens with one attached hydrogen (secondary N) is 1. The summed E-state index contributed by atoms with van der Waals surface area (Å²) < 4.78 is 19.1. The summed E-state index contributed by atoms with van der Waals surface area (Å²) in [7, 11) is 1.53. The van der Waals surface area contributed by atoms with Crippen LogP contribution in [0.2, 0.25) is 0 Å². The molecule has 0 aliphatic heterocycles. The van der Waals surface area contributed by atoms with E-state index >= 15 is 0 Å². The summed E-state index contributed by atoms with van der Waals surface area (Å²) in [5, 5.41) is 2.56. The first-order valence-corrected chi connectivity index (χ1v) is 7.89. The summed E-state index contributed by atoms with van der Waals surface area (Å²) in [6, 6.07) is 6.35. The van der Waals surface area contributed by atoms with Crippen LogP contribution in [0.4, 0.5) is 10.2 Å². The number of amides is 1. The van der Waals surface area contributed by atoms with Crippen LogP contribution < -0.4 is 10.1 Å². The van der Waals surface area contributed by atoms with Gasteiger partial charge in [0.05, 0.1) is 36.3 Å². The topological polar surface area (TPSA) is 77.0 Å². The predicted octanol–water partition coefficient (Wildman–Crippen LogP) is 3.56. The highest BCUT2D eigenvalue weighted by Crippen LogP contribution is 2.27. The molecule has 132 valence electrons. The van der Waals surface area contributed by atoms with Crippen molar-refractivity contribution in [1.29, 1.82) is 0 Å². The number of rotatable bonds is 4. The van der Waals surface area contributed by atoms with Crippen molar-refractivity contribution >= 4 is 11.7 Å². The summed E-state index contributed by atoms with van der Waals surface area (Å²) in [6.45, 7) is 3.58. The molecule has 1 N–H and O–H groups in total. The van der Waals surface area contributed by atoms with Crippen LogP contribution in [0.15, 0.2) is 42.9 Å². The Morgan fingerprint density at radius 2 is 1.92 bits per heavy atom. The second-order valence-corrected chi connectivity index (χ2v) is 5.74. The normalized spacial score (nSPS) is 10.5. The van der Waals surface area contributed by atoms with Gasteiger partial charge >= 0.3 is 0 Å². The van der Waals surface area contributed by atoms with Crippen LogP contribution in [-0.4, -0.2) is 28.0 Å². The van der Waals surface area contributed by atoms with E-state index < -0.39 is 11.7 Å². The number of ether oxygens (including phenoxy) is 1. The van der Waals surface area contributed by atoms with Crippen LogP contribution in [-0.2, 0) is 0 Å². The van der Waals surface area contributed by atoms with Gasteiger partial charge in [-0.15, -0.1) is 0 Å². The Labute approximate surface area is 150 Å². The summed E-state index contributed by atoms with van der Waals surface area (Å²) in [5.41, 5.74) is 2.74. The zero-order valence-electron chi connectivity index (χ0n) is 14.6. The number of aromatic nitrogens is 3. The minimum atomic E-state index is -0.581. The Morgan fingerprint density at radius 3 is 2.58 bits per heavy atom. The van der Waals surface area contributed by atoms with Crippen molar-refractivity contribution in [3.05, 3.63) is 65.4 Å². The lowest BCUT2D eigenvalue weighted by Gasteiger charge is -2.10. The van der Waals surface area contributed by atoms with Gasteiger partial charge in [0.15, 0.2) is 5.82 Å². The Morgan fingerprint density at radius 1 is 1.12 bits per heavy atom. The number of pyridine rings is 1. The maximum Gasteiger partial charge on any atom is 0.260 e. The number of carbonyl (C=O) groups is 1. The summed E-state index contributed by atoms with van der Waals surface area (Å²) in [4.78, 5) is 25.0. The van der Waals surface area contributed by atoms with E-state index in [1.165, 1.54) is 25.6 Å². The number of carbonyl (C=O) groups excluding carboxylic acids is 1. The molecule has 7 heteroatoms. The fourth-order valence-electron chi connectivity index (χ4n) is 2.53. The van der Waals surface area contributed by atoms with Gasteiger partial charge in [-0.05, 0) is 37.1 Å². The third-order valence-corrected chi connectivity index (χ3v) is 3.80. The minimum absolute atomic E-state index is 0.0112. The molecule has 0 fully saturated rings. The first-order chi connectivity index (χ1) is 12.5. The highest BCUT2D eigenvalue weighted by atomic mass is 19.1. The molecular weight excluding hydrogens is 335 g/mol. The van der Waals surface area contributed by atoms with Crippen LogP contribution in [0.1, 0.15) is 21.5 Å². The molecule has 2 aromatic heterocycles. The third-order valence-electron chi connectivity index (χ3n) is 3.80. The fraction of sp³-hybridized carbons (Fsp3) is 0.158. The number of aryl methyl sites for hydroxylation is 2. The summed E-state index contributed by atoms with van der Waals surface area (Å²) in [5.74, 6) is -0.496. The van der Waals surface area contributed by atoms with E-state index in [0.717, 1.165) is 5.56 Å². The zero-order chi connectivity index (χ0) is 18.7.